The van der Waals surface area contributed by atoms with Crippen LogP contribution in [0.15, 0.2) is 42.5 Å². The van der Waals surface area contributed by atoms with Gasteiger partial charge in [-0.1, -0.05) is 12.1 Å². The average molecular weight is 349 g/mol. The summed E-state index contributed by atoms with van der Waals surface area (Å²) in [4.78, 5) is 12.0. The third-order valence-corrected chi connectivity index (χ3v) is 3.30. The topological polar surface area (TPSA) is 74.2 Å². The number of hydrogen-bond donors (Lipinski definition) is 2. The van der Waals surface area contributed by atoms with Crippen LogP contribution in [0, 0.1) is 17.1 Å². The highest BCUT2D eigenvalue weighted by Crippen LogP contribution is 2.20. The number of nitrogens with one attached hydrogen (secondary N) is 2. The van der Waals surface area contributed by atoms with Gasteiger partial charge in [0, 0.05) is 0 Å². The molecular weight excluding hydrogens is 335 g/mol. The first-order chi connectivity index (χ1) is 11.9. The molecule has 0 aliphatic rings. The van der Waals surface area contributed by atoms with E-state index >= 15 is 0 Å². The van der Waals surface area contributed by atoms with Crippen molar-refractivity contribution in [2.24, 2.45) is 0 Å². The summed E-state index contributed by atoms with van der Waals surface area (Å²) in [5.41, 5.74) is 0.835. The van der Waals surface area contributed by atoms with Gasteiger partial charge in [0.1, 0.15) is 17.6 Å². The molecule has 5 nitrogen and oxygen atoms in total. The molecule has 2 N–H and O–H groups in total. The summed E-state index contributed by atoms with van der Waals surface area (Å²) in [6.45, 7) is -1.21. The van der Waals surface area contributed by atoms with Crippen molar-refractivity contribution >= 4 is 11.7 Å². The summed E-state index contributed by atoms with van der Waals surface area (Å²) < 4.78 is 41.6. The van der Waals surface area contributed by atoms with E-state index in [1.54, 1.807) is 25.1 Å². The molecule has 2 aromatic carbocycles. The van der Waals surface area contributed by atoms with Crippen LogP contribution in [0.3, 0.4) is 0 Å². The fourth-order valence-corrected chi connectivity index (χ4v) is 2.09. The molecule has 130 valence electrons. The maximum absolute atomic E-state index is 13.1. The Morgan fingerprint density at radius 1 is 1.20 bits per heavy atom. The van der Waals surface area contributed by atoms with Crippen LogP contribution in [0.1, 0.15) is 24.1 Å². The van der Waals surface area contributed by atoms with Gasteiger partial charge >= 0.3 is 12.6 Å². The fourth-order valence-electron chi connectivity index (χ4n) is 2.09. The molecule has 0 spiro atoms. The minimum absolute atomic E-state index is 0.00342. The van der Waals surface area contributed by atoms with Crippen molar-refractivity contribution in [2.45, 2.75) is 19.6 Å². The van der Waals surface area contributed by atoms with Gasteiger partial charge in [0.15, 0.2) is 0 Å². The fraction of sp³-hybridized carbons (Fsp3) is 0.176. The van der Waals surface area contributed by atoms with Gasteiger partial charge in [-0.3, -0.25) is 0 Å². The first kappa shape index (κ1) is 18.1. The molecule has 0 heterocycles. The maximum atomic E-state index is 13.1. The van der Waals surface area contributed by atoms with Crippen LogP contribution < -0.4 is 15.4 Å². The number of carbonyl (C=O) groups excluding carboxylic acids is 1. The number of halogens is 3. The Kier molecular flexibility index (Phi) is 5.84. The lowest BCUT2D eigenvalue weighted by molar-refractivity contribution is -0.0498. The van der Waals surface area contributed by atoms with Crippen LogP contribution in [-0.4, -0.2) is 12.6 Å². The molecule has 8 heteroatoms. The second kappa shape index (κ2) is 8.06. The number of carbonyl (C=O) groups is 1. The SMILES string of the molecule is CC(NC(=O)Nc1ccc(F)cc1C#N)c1ccc(OC(F)F)cc1. The molecule has 2 aromatic rings. The molecule has 0 bridgehead atoms. The highest BCUT2D eigenvalue weighted by Gasteiger charge is 2.12. The predicted octanol–water partition coefficient (Wildman–Crippen LogP) is 4.18. The van der Waals surface area contributed by atoms with E-state index in [9.17, 15) is 18.0 Å². The maximum Gasteiger partial charge on any atom is 0.387 e. The van der Waals surface area contributed by atoms with Gasteiger partial charge in [-0.25, -0.2) is 9.18 Å². The molecule has 0 fully saturated rings. The van der Waals surface area contributed by atoms with Gasteiger partial charge in [-0.05, 0) is 42.8 Å². The van der Waals surface area contributed by atoms with E-state index in [0.717, 1.165) is 12.1 Å². The van der Waals surface area contributed by atoms with Crippen molar-refractivity contribution in [2.75, 3.05) is 5.32 Å². The third-order valence-electron chi connectivity index (χ3n) is 3.30. The molecule has 0 saturated heterocycles. The van der Waals surface area contributed by atoms with Crippen molar-refractivity contribution < 1.29 is 22.7 Å². The van der Waals surface area contributed by atoms with Gasteiger partial charge in [0.2, 0.25) is 0 Å². The summed E-state index contributed by atoms with van der Waals surface area (Å²) in [5.74, 6) is -0.567. The number of anilines is 1. The zero-order valence-corrected chi connectivity index (χ0v) is 13.1. The number of ether oxygens (including phenoxy) is 1. The van der Waals surface area contributed by atoms with E-state index in [1.165, 1.54) is 18.2 Å². The number of alkyl halides is 2. The number of hydrogen-bond acceptors (Lipinski definition) is 3. The van der Waals surface area contributed by atoms with Crippen LogP contribution in [-0.2, 0) is 0 Å². The third kappa shape index (κ3) is 5.14. The summed E-state index contributed by atoms with van der Waals surface area (Å²) in [5, 5.41) is 14.0. The second-order valence-electron chi connectivity index (χ2n) is 5.07. The average Bonchev–Trinajstić information content (AvgIpc) is 2.56. The Morgan fingerprint density at radius 3 is 2.48 bits per heavy atom. The Labute approximate surface area is 142 Å². The number of nitriles is 1. The molecule has 1 unspecified atom stereocenters. The molecular formula is C17H14F3N3O2. The van der Waals surface area contributed by atoms with Gasteiger partial charge in [-0.15, -0.1) is 0 Å². The molecule has 0 saturated carbocycles. The number of nitrogens with zero attached hydrogens (tertiary/aromatic N) is 1. The smallest absolute Gasteiger partial charge is 0.387 e. The number of benzene rings is 2. The Balaban J connectivity index is 1.99. The quantitative estimate of drug-likeness (QED) is 0.850. The zero-order valence-electron chi connectivity index (χ0n) is 13.1. The van der Waals surface area contributed by atoms with Crippen molar-refractivity contribution in [3.63, 3.8) is 0 Å². The van der Waals surface area contributed by atoms with Gasteiger partial charge in [0.25, 0.3) is 0 Å². The van der Waals surface area contributed by atoms with E-state index in [4.69, 9.17) is 5.26 Å². The van der Waals surface area contributed by atoms with Crippen molar-refractivity contribution in [1.29, 1.82) is 5.26 Å². The summed E-state index contributed by atoms with van der Waals surface area (Å²) in [6.07, 6.45) is 0. The highest BCUT2D eigenvalue weighted by molar-refractivity contribution is 5.91. The first-order valence-corrected chi connectivity index (χ1v) is 7.21. The van der Waals surface area contributed by atoms with E-state index in [1.807, 2.05) is 0 Å². The van der Waals surface area contributed by atoms with Gasteiger partial charge in [-0.2, -0.15) is 14.0 Å². The van der Waals surface area contributed by atoms with Crippen molar-refractivity contribution in [3.8, 4) is 11.8 Å². The Bertz CT molecular complexity index is 789. The highest BCUT2D eigenvalue weighted by atomic mass is 19.3. The molecule has 2 rings (SSSR count). The van der Waals surface area contributed by atoms with Gasteiger partial charge in [0.05, 0.1) is 17.3 Å². The van der Waals surface area contributed by atoms with E-state index in [-0.39, 0.29) is 17.0 Å². The van der Waals surface area contributed by atoms with E-state index in [2.05, 4.69) is 15.4 Å². The minimum atomic E-state index is -2.91. The Morgan fingerprint density at radius 2 is 1.88 bits per heavy atom. The molecule has 25 heavy (non-hydrogen) atoms. The summed E-state index contributed by atoms with van der Waals surface area (Å²) in [6, 6.07) is 10.0. The van der Waals surface area contributed by atoms with Crippen LogP contribution in [0.4, 0.5) is 23.7 Å². The molecule has 0 aliphatic heterocycles. The predicted molar refractivity (Wildman–Crippen MR) is 84.8 cm³/mol. The molecule has 0 aromatic heterocycles. The second-order valence-corrected chi connectivity index (χ2v) is 5.07. The standard InChI is InChI=1S/C17H14F3N3O2/c1-10(11-2-5-14(6-3-11)25-16(19)20)22-17(24)23-15-7-4-13(18)8-12(15)9-21/h2-8,10,16H,1H3,(H2,22,23,24). The summed E-state index contributed by atoms with van der Waals surface area (Å²) >= 11 is 0. The van der Waals surface area contributed by atoms with Crippen LogP contribution in [0.2, 0.25) is 0 Å². The number of rotatable bonds is 5. The molecule has 0 aliphatic carbocycles. The largest absolute Gasteiger partial charge is 0.435 e. The van der Waals surface area contributed by atoms with Crippen molar-refractivity contribution in [3.05, 3.63) is 59.4 Å². The van der Waals surface area contributed by atoms with Gasteiger partial charge < -0.3 is 15.4 Å². The number of urea groups is 1. The lowest BCUT2D eigenvalue weighted by atomic mass is 10.1. The van der Waals surface area contributed by atoms with Crippen LogP contribution in [0.5, 0.6) is 5.75 Å². The van der Waals surface area contributed by atoms with Crippen molar-refractivity contribution in [1.82, 2.24) is 5.32 Å². The normalized spacial score (nSPS) is 11.5. The first-order valence-electron chi connectivity index (χ1n) is 7.21. The Hall–Kier alpha value is -3.21. The van der Waals surface area contributed by atoms with Crippen LogP contribution >= 0.6 is 0 Å². The molecule has 1 atom stereocenters. The zero-order chi connectivity index (χ0) is 18.4. The number of amides is 2. The van der Waals surface area contributed by atoms with E-state index < -0.39 is 24.5 Å². The summed E-state index contributed by atoms with van der Waals surface area (Å²) in [7, 11) is 0. The lowest BCUT2D eigenvalue weighted by Gasteiger charge is -2.16. The molecule has 0 radical (unpaired) electrons. The monoisotopic (exact) mass is 349 g/mol. The minimum Gasteiger partial charge on any atom is -0.435 e. The lowest BCUT2D eigenvalue weighted by Crippen LogP contribution is -2.31. The molecule has 2 amide bonds. The van der Waals surface area contributed by atoms with E-state index in [0.29, 0.717) is 5.56 Å². The van der Waals surface area contributed by atoms with Crippen LogP contribution in [0.25, 0.3) is 0 Å².